The molecule has 0 aromatic heterocycles. The third-order valence-electron chi connectivity index (χ3n) is 8.41. The van der Waals surface area contributed by atoms with Crippen molar-refractivity contribution in [1.82, 2.24) is 0 Å². The van der Waals surface area contributed by atoms with Gasteiger partial charge in [-0.1, -0.05) is 132 Å². The quantitative estimate of drug-likeness (QED) is 0.284. The molecule has 0 nitrogen and oxygen atoms in total. The zero-order chi connectivity index (χ0) is 29.3. The predicted octanol–water partition coefficient (Wildman–Crippen LogP) is 12.2. The second-order valence-corrected chi connectivity index (χ2v) is 11.6. The highest BCUT2D eigenvalue weighted by atomic mass is 14.4. The van der Waals surface area contributed by atoms with Gasteiger partial charge in [-0.3, -0.25) is 0 Å². The minimum atomic E-state index is 0.459. The van der Waals surface area contributed by atoms with Gasteiger partial charge >= 0.3 is 0 Å². The molecule has 0 radical (unpaired) electrons. The summed E-state index contributed by atoms with van der Waals surface area (Å²) in [4.78, 5) is 0. The van der Waals surface area contributed by atoms with E-state index in [9.17, 15) is 0 Å². The number of allylic oxidation sites excluding steroid dienone is 3. The molecular formula is C39H60. The van der Waals surface area contributed by atoms with Gasteiger partial charge in [-0.2, -0.15) is 0 Å². The molecule has 216 valence electrons. The summed E-state index contributed by atoms with van der Waals surface area (Å²) < 4.78 is 0. The number of hydrogen-bond acceptors (Lipinski definition) is 0. The summed E-state index contributed by atoms with van der Waals surface area (Å²) in [6, 6.07) is 17.5. The SMILES string of the molecule is C=C(C)C1CC1.C=C(C)Cc1ccc(CC)cc1.C=C(CCc1ccccc1C)C1(CC)CCCCC1.CC. The molecule has 0 atom stereocenters. The van der Waals surface area contributed by atoms with E-state index in [0.29, 0.717) is 5.41 Å². The average Bonchev–Trinajstić information content (AvgIpc) is 3.81. The third kappa shape index (κ3) is 13.0. The van der Waals surface area contributed by atoms with Crippen molar-refractivity contribution >= 4 is 0 Å². The molecule has 2 aliphatic rings. The normalized spacial score (nSPS) is 15.3. The Kier molecular flexibility index (Phi) is 16.8. The number of benzene rings is 2. The van der Waals surface area contributed by atoms with Gasteiger partial charge < -0.3 is 0 Å². The zero-order valence-electron chi connectivity index (χ0n) is 26.8. The number of aryl methyl sites for hydroxylation is 3. The van der Waals surface area contributed by atoms with Gasteiger partial charge in [-0.05, 0) is 112 Å². The van der Waals surface area contributed by atoms with E-state index in [2.05, 4.69) is 103 Å². The van der Waals surface area contributed by atoms with E-state index < -0.39 is 0 Å². The standard InChI is InChI=1S/C19H28.C12H16.C6H10.C2H6/c1-4-19(14-8-5-9-15-19)17(3)12-13-18-11-7-6-10-16(18)2;1-4-11-5-7-12(8-6-11)9-10(2)3;1-5(2)6-3-4-6;1-2/h6-7,10-11H,3-5,8-9,12-15H2,1-2H3;5-8H,2,4,9H2,1,3H3;6H,1,3-4H2,2H3;1-2H3. The lowest BCUT2D eigenvalue weighted by molar-refractivity contribution is 0.225. The second kappa shape index (κ2) is 18.9. The molecule has 2 aliphatic carbocycles. The largest absolute Gasteiger partial charge is 0.0999 e. The Hall–Kier alpha value is -2.34. The van der Waals surface area contributed by atoms with Crippen LogP contribution in [0.3, 0.4) is 0 Å². The van der Waals surface area contributed by atoms with Crippen molar-refractivity contribution < 1.29 is 0 Å². The number of hydrogen-bond donors (Lipinski definition) is 0. The van der Waals surface area contributed by atoms with Crippen molar-refractivity contribution in [3.63, 3.8) is 0 Å². The van der Waals surface area contributed by atoms with Crippen LogP contribution in [0.1, 0.15) is 122 Å². The zero-order valence-corrected chi connectivity index (χ0v) is 26.8. The lowest BCUT2D eigenvalue weighted by Crippen LogP contribution is -2.25. The van der Waals surface area contributed by atoms with Crippen molar-refractivity contribution in [2.75, 3.05) is 0 Å². The molecule has 0 N–H and O–H groups in total. The van der Waals surface area contributed by atoms with Gasteiger partial charge in [0.15, 0.2) is 0 Å². The maximum absolute atomic E-state index is 4.47. The fraction of sp³-hybridized carbons (Fsp3) is 0.538. The molecule has 0 heterocycles. The molecule has 0 heteroatoms. The van der Waals surface area contributed by atoms with Gasteiger partial charge in [-0.15, -0.1) is 0 Å². The Labute approximate surface area is 243 Å². The van der Waals surface area contributed by atoms with Crippen LogP contribution in [0.25, 0.3) is 0 Å². The summed E-state index contributed by atoms with van der Waals surface area (Å²) in [6.07, 6.45) is 15.5. The highest BCUT2D eigenvalue weighted by molar-refractivity contribution is 5.27. The van der Waals surface area contributed by atoms with Crippen LogP contribution in [-0.4, -0.2) is 0 Å². The Morgan fingerprint density at radius 1 is 0.821 bits per heavy atom. The molecule has 2 fully saturated rings. The predicted molar refractivity (Wildman–Crippen MR) is 178 cm³/mol. The summed E-state index contributed by atoms with van der Waals surface area (Å²) in [5.74, 6) is 0.907. The fourth-order valence-electron chi connectivity index (χ4n) is 5.44. The Bertz CT molecular complexity index is 977. The summed E-state index contributed by atoms with van der Waals surface area (Å²) in [5.41, 5.74) is 10.2. The van der Waals surface area contributed by atoms with Gasteiger partial charge in [0.2, 0.25) is 0 Å². The first-order valence-corrected chi connectivity index (χ1v) is 15.8. The van der Waals surface area contributed by atoms with Crippen LogP contribution in [0.5, 0.6) is 0 Å². The van der Waals surface area contributed by atoms with Crippen LogP contribution in [-0.2, 0) is 19.3 Å². The molecule has 2 aromatic rings. The Balaban J connectivity index is 0.000000322. The monoisotopic (exact) mass is 528 g/mol. The summed E-state index contributed by atoms with van der Waals surface area (Å²) in [5, 5.41) is 0. The second-order valence-electron chi connectivity index (χ2n) is 11.6. The minimum Gasteiger partial charge on any atom is -0.0999 e. The van der Waals surface area contributed by atoms with Gasteiger partial charge in [0.05, 0.1) is 0 Å². The summed E-state index contributed by atoms with van der Waals surface area (Å²) in [6.45, 7) is 27.1. The maximum Gasteiger partial charge on any atom is -0.00726 e. The minimum absolute atomic E-state index is 0.459. The first kappa shape index (κ1) is 34.7. The van der Waals surface area contributed by atoms with Crippen LogP contribution in [0.2, 0.25) is 0 Å². The van der Waals surface area contributed by atoms with E-state index in [-0.39, 0.29) is 0 Å². The molecule has 39 heavy (non-hydrogen) atoms. The van der Waals surface area contributed by atoms with Gasteiger partial charge in [0.25, 0.3) is 0 Å². The molecule has 0 unspecified atom stereocenters. The first-order valence-electron chi connectivity index (χ1n) is 15.8. The van der Waals surface area contributed by atoms with Gasteiger partial charge in [0, 0.05) is 0 Å². The molecule has 0 amide bonds. The van der Waals surface area contributed by atoms with E-state index in [0.717, 1.165) is 25.2 Å². The van der Waals surface area contributed by atoms with E-state index in [1.165, 1.54) is 96.8 Å². The van der Waals surface area contributed by atoms with Crippen LogP contribution in [0.4, 0.5) is 0 Å². The number of rotatable bonds is 9. The van der Waals surface area contributed by atoms with Crippen molar-refractivity contribution in [1.29, 1.82) is 0 Å². The molecule has 0 bridgehead atoms. The molecule has 2 saturated carbocycles. The molecule has 2 aromatic carbocycles. The fourth-order valence-corrected chi connectivity index (χ4v) is 5.44. The highest BCUT2D eigenvalue weighted by Gasteiger charge is 2.32. The Morgan fingerprint density at radius 2 is 1.38 bits per heavy atom. The van der Waals surface area contributed by atoms with Crippen molar-refractivity contribution in [2.24, 2.45) is 11.3 Å². The first-order chi connectivity index (χ1) is 18.7. The van der Waals surface area contributed by atoms with E-state index in [4.69, 9.17) is 0 Å². The molecular weight excluding hydrogens is 468 g/mol. The van der Waals surface area contributed by atoms with E-state index in [1.807, 2.05) is 13.8 Å². The summed E-state index contributed by atoms with van der Waals surface area (Å²) in [7, 11) is 0. The topological polar surface area (TPSA) is 0 Å². The lowest BCUT2D eigenvalue weighted by atomic mass is 9.66. The van der Waals surface area contributed by atoms with Crippen LogP contribution >= 0.6 is 0 Å². The molecule has 0 saturated heterocycles. The van der Waals surface area contributed by atoms with Crippen molar-refractivity contribution in [3.05, 3.63) is 107 Å². The van der Waals surface area contributed by atoms with Gasteiger partial charge in [-0.25, -0.2) is 0 Å². The average molecular weight is 529 g/mol. The van der Waals surface area contributed by atoms with Crippen LogP contribution in [0.15, 0.2) is 85.0 Å². The summed E-state index contributed by atoms with van der Waals surface area (Å²) >= 11 is 0. The van der Waals surface area contributed by atoms with Crippen LogP contribution < -0.4 is 0 Å². The molecule has 0 spiro atoms. The highest BCUT2D eigenvalue weighted by Crippen LogP contribution is 2.46. The van der Waals surface area contributed by atoms with E-state index in [1.54, 1.807) is 0 Å². The van der Waals surface area contributed by atoms with Crippen molar-refractivity contribution in [2.45, 2.75) is 126 Å². The van der Waals surface area contributed by atoms with Crippen molar-refractivity contribution in [3.8, 4) is 0 Å². The smallest absolute Gasteiger partial charge is 0.00726 e. The van der Waals surface area contributed by atoms with E-state index >= 15 is 0 Å². The lowest BCUT2D eigenvalue weighted by Gasteiger charge is -2.38. The molecule has 4 rings (SSSR count). The third-order valence-corrected chi connectivity index (χ3v) is 8.41. The molecule has 0 aliphatic heterocycles. The maximum atomic E-state index is 4.47. The Morgan fingerprint density at radius 3 is 1.82 bits per heavy atom. The van der Waals surface area contributed by atoms with Crippen LogP contribution in [0, 0.1) is 18.3 Å². The van der Waals surface area contributed by atoms with Gasteiger partial charge in [0.1, 0.15) is 0 Å².